The molecule has 2 rings (SSSR count). The van der Waals surface area contributed by atoms with E-state index in [1.165, 1.54) is 11.1 Å². The summed E-state index contributed by atoms with van der Waals surface area (Å²) in [4.78, 5) is 0. The minimum atomic E-state index is 0.614. The van der Waals surface area contributed by atoms with E-state index in [-0.39, 0.29) is 0 Å². The van der Waals surface area contributed by atoms with Gasteiger partial charge in [0.1, 0.15) is 0 Å². The van der Waals surface area contributed by atoms with Crippen LogP contribution in [-0.2, 0) is 0 Å². The summed E-state index contributed by atoms with van der Waals surface area (Å²) >= 11 is 0. The Hall–Kier alpha value is -1.04. The second kappa shape index (κ2) is 3.37. The van der Waals surface area contributed by atoms with Crippen molar-refractivity contribution in [3.8, 4) is 0 Å². The molecule has 0 N–H and O–H groups in total. The van der Waals surface area contributed by atoms with Crippen LogP contribution < -0.4 is 0 Å². The molecular formula is C13H16. The van der Waals surface area contributed by atoms with Crippen LogP contribution in [0.25, 0.3) is 0 Å². The monoisotopic (exact) mass is 172 g/mol. The molecular weight excluding hydrogens is 156 g/mol. The van der Waals surface area contributed by atoms with Gasteiger partial charge in [0.25, 0.3) is 0 Å². The van der Waals surface area contributed by atoms with Crippen molar-refractivity contribution >= 4 is 0 Å². The van der Waals surface area contributed by atoms with Crippen LogP contribution in [0.15, 0.2) is 47.6 Å². The maximum Gasteiger partial charge on any atom is 0.00161 e. The van der Waals surface area contributed by atoms with E-state index < -0.39 is 0 Å². The highest BCUT2D eigenvalue weighted by Crippen LogP contribution is 2.30. The Morgan fingerprint density at radius 2 is 2.08 bits per heavy atom. The lowest BCUT2D eigenvalue weighted by Crippen LogP contribution is -2.10. The molecule has 0 radical (unpaired) electrons. The molecule has 0 aliphatic heterocycles. The summed E-state index contributed by atoms with van der Waals surface area (Å²) in [6, 6.07) is 0. The van der Waals surface area contributed by atoms with E-state index in [0.717, 1.165) is 6.42 Å². The lowest BCUT2D eigenvalue weighted by Gasteiger charge is -2.23. The van der Waals surface area contributed by atoms with Gasteiger partial charge in [0, 0.05) is 5.92 Å². The lowest BCUT2D eigenvalue weighted by atomic mass is 9.82. The molecule has 68 valence electrons. The normalized spacial score (nSPS) is 31.8. The fourth-order valence-corrected chi connectivity index (χ4v) is 2.02. The number of hydrogen-bond donors (Lipinski definition) is 0. The van der Waals surface area contributed by atoms with Gasteiger partial charge in [0.05, 0.1) is 0 Å². The third-order valence-corrected chi connectivity index (χ3v) is 2.88. The molecule has 2 bridgehead atoms. The van der Waals surface area contributed by atoms with Gasteiger partial charge in [-0.15, -0.1) is 0 Å². The predicted molar refractivity (Wildman–Crippen MR) is 57.4 cm³/mol. The van der Waals surface area contributed by atoms with Gasteiger partial charge < -0.3 is 0 Å². The minimum absolute atomic E-state index is 0.614. The van der Waals surface area contributed by atoms with Crippen molar-refractivity contribution in [2.24, 2.45) is 11.8 Å². The molecule has 0 saturated carbocycles. The summed E-state index contributed by atoms with van der Waals surface area (Å²) in [5, 5.41) is 0. The van der Waals surface area contributed by atoms with E-state index in [1.54, 1.807) is 0 Å². The van der Waals surface area contributed by atoms with Gasteiger partial charge >= 0.3 is 0 Å². The Balaban J connectivity index is 2.39. The second-order valence-electron chi connectivity index (χ2n) is 3.97. The zero-order valence-electron chi connectivity index (χ0n) is 8.33. The molecule has 2 unspecified atom stereocenters. The van der Waals surface area contributed by atoms with Crippen LogP contribution >= 0.6 is 0 Å². The van der Waals surface area contributed by atoms with Crippen molar-refractivity contribution in [2.75, 3.05) is 0 Å². The van der Waals surface area contributed by atoms with Crippen LogP contribution in [0.2, 0.25) is 0 Å². The van der Waals surface area contributed by atoms with Gasteiger partial charge in [-0.2, -0.15) is 0 Å². The summed E-state index contributed by atoms with van der Waals surface area (Å²) in [7, 11) is 0. The largest absolute Gasteiger partial charge is 0.0841 e. The molecule has 2 aliphatic carbocycles. The highest BCUT2D eigenvalue weighted by molar-refractivity contribution is 5.43. The Kier molecular flexibility index (Phi) is 2.22. The van der Waals surface area contributed by atoms with Crippen LogP contribution in [0, 0.1) is 11.8 Å². The molecule has 0 saturated heterocycles. The fraction of sp³-hybridized carbons (Fsp3) is 0.385. The third kappa shape index (κ3) is 1.67. The molecule has 0 fully saturated rings. The summed E-state index contributed by atoms with van der Waals surface area (Å²) < 4.78 is 0. The van der Waals surface area contributed by atoms with Crippen molar-refractivity contribution in [1.82, 2.24) is 0 Å². The first-order valence-electron chi connectivity index (χ1n) is 5.01. The van der Waals surface area contributed by atoms with Gasteiger partial charge in [-0.25, -0.2) is 0 Å². The quantitative estimate of drug-likeness (QED) is 0.489. The van der Waals surface area contributed by atoms with Crippen molar-refractivity contribution in [1.29, 1.82) is 0 Å². The van der Waals surface area contributed by atoms with Crippen molar-refractivity contribution in [2.45, 2.75) is 20.3 Å². The number of allylic oxidation sites excluding steroid dienone is 8. The van der Waals surface area contributed by atoms with Gasteiger partial charge in [0.15, 0.2) is 0 Å². The van der Waals surface area contributed by atoms with E-state index in [0.29, 0.717) is 11.8 Å². The van der Waals surface area contributed by atoms with Gasteiger partial charge in [-0.05, 0) is 30.4 Å². The summed E-state index contributed by atoms with van der Waals surface area (Å²) in [5.41, 5.74) is 2.84. The lowest BCUT2D eigenvalue weighted by molar-refractivity contribution is 0.595. The first-order chi connectivity index (χ1) is 6.27. The maximum atomic E-state index is 2.38. The average Bonchev–Trinajstić information content (AvgIpc) is 2.01. The van der Waals surface area contributed by atoms with E-state index in [1.807, 2.05) is 0 Å². The summed E-state index contributed by atoms with van der Waals surface area (Å²) in [6.45, 7) is 4.49. The SMILES string of the molecule is CC1=CC(C)C2C=CCC=CC1=C2. The predicted octanol–water partition coefficient (Wildman–Crippen LogP) is 3.64. The summed E-state index contributed by atoms with van der Waals surface area (Å²) in [5.74, 6) is 1.27. The molecule has 0 aromatic heterocycles. The van der Waals surface area contributed by atoms with Crippen LogP contribution in [0.1, 0.15) is 20.3 Å². The molecule has 0 aromatic rings. The van der Waals surface area contributed by atoms with Gasteiger partial charge in [-0.1, -0.05) is 43.4 Å². The first-order valence-corrected chi connectivity index (χ1v) is 5.01. The number of hydrogen-bond acceptors (Lipinski definition) is 0. The van der Waals surface area contributed by atoms with Gasteiger partial charge in [0.2, 0.25) is 0 Å². The summed E-state index contributed by atoms with van der Waals surface area (Å²) in [6.07, 6.45) is 14.9. The number of fused-ring (bicyclic) bond motifs is 1. The maximum absolute atomic E-state index is 2.38. The molecule has 0 amide bonds. The van der Waals surface area contributed by atoms with Gasteiger partial charge in [-0.3, -0.25) is 0 Å². The fourth-order valence-electron chi connectivity index (χ4n) is 2.02. The second-order valence-corrected chi connectivity index (χ2v) is 3.97. The molecule has 0 aromatic carbocycles. The van der Waals surface area contributed by atoms with Crippen molar-refractivity contribution < 1.29 is 0 Å². The molecule has 0 spiro atoms. The topological polar surface area (TPSA) is 0 Å². The number of rotatable bonds is 0. The molecule has 0 heterocycles. The van der Waals surface area contributed by atoms with Crippen LogP contribution in [-0.4, -0.2) is 0 Å². The molecule has 2 aliphatic rings. The van der Waals surface area contributed by atoms with E-state index >= 15 is 0 Å². The van der Waals surface area contributed by atoms with E-state index in [2.05, 4.69) is 50.3 Å². The highest BCUT2D eigenvalue weighted by atomic mass is 14.2. The van der Waals surface area contributed by atoms with Crippen LogP contribution in [0.4, 0.5) is 0 Å². The van der Waals surface area contributed by atoms with Crippen LogP contribution in [0.5, 0.6) is 0 Å². The zero-order valence-corrected chi connectivity index (χ0v) is 8.33. The van der Waals surface area contributed by atoms with Crippen molar-refractivity contribution in [3.63, 3.8) is 0 Å². The Morgan fingerprint density at radius 1 is 1.23 bits per heavy atom. The van der Waals surface area contributed by atoms with Crippen LogP contribution in [0.3, 0.4) is 0 Å². The molecule has 0 nitrogen and oxygen atoms in total. The molecule has 0 heteroatoms. The average molecular weight is 172 g/mol. The molecule has 2 atom stereocenters. The van der Waals surface area contributed by atoms with Crippen molar-refractivity contribution in [3.05, 3.63) is 47.6 Å². The minimum Gasteiger partial charge on any atom is -0.0841 e. The third-order valence-electron chi connectivity index (χ3n) is 2.88. The van der Waals surface area contributed by atoms with E-state index in [4.69, 9.17) is 0 Å². The standard InChI is InChI=1S/C13H16/c1-10-8-11(2)13-7-5-3-4-6-12(10)9-13/h4-10,12H,3H2,1-2H3. The Bertz CT molecular complexity index is 313. The zero-order chi connectivity index (χ0) is 9.26. The Morgan fingerprint density at radius 3 is 2.92 bits per heavy atom. The highest BCUT2D eigenvalue weighted by Gasteiger charge is 2.16. The smallest absolute Gasteiger partial charge is 0.00161 e. The first kappa shape index (κ1) is 8.55. The van der Waals surface area contributed by atoms with E-state index in [9.17, 15) is 0 Å². The molecule has 13 heavy (non-hydrogen) atoms. The Labute approximate surface area is 80.3 Å².